The third-order valence-electron chi connectivity index (χ3n) is 5.22. The maximum atomic E-state index is 10.9. The van der Waals surface area contributed by atoms with Crippen LogP contribution in [0.2, 0.25) is 15.1 Å². The van der Waals surface area contributed by atoms with Gasteiger partial charge in [-0.05, 0) is 60.4 Å². The van der Waals surface area contributed by atoms with Gasteiger partial charge in [-0.1, -0.05) is 48.7 Å². The van der Waals surface area contributed by atoms with Crippen molar-refractivity contribution in [2.75, 3.05) is 0 Å². The van der Waals surface area contributed by atoms with Gasteiger partial charge < -0.3 is 15.3 Å². The van der Waals surface area contributed by atoms with Crippen LogP contribution in [0.5, 0.6) is 17.2 Å². The first-order chi connectivity index (χ1) is 14.2. The molecule has 0 atom stereocenters. The van der Waals surface area contributed by atoms with Crippen LogP contribution in [0.25, 0.3) is 0 Å². The fraction of sp³-hybridized carbons (Fsp3) is 0.250. The zero-order chi connectivity index (χ0) is 22.0. The van der Waals surface area contributed by atoms with E-state index in [1.807, 2.05) is 13.8 Å². The van der Waals surface area contributed by atoms with Crippen molar-refractivity contribution < 1.29 is 15.3 Å². The molecular weight excluding hydrogens is 443 g/mol. The highest BCUT2D eigenvalue weighted by Crippen LogP contribution is 2.37. The van der Waals surface area contributed by atoms with E-state index in [-0.39, 0.29) is 30.1 Å². The smallest absolute Gasteiger partial charge is 0.122 e. The zero-order valence-corrected chi connectivity index (χ0v) is 19.0. The topological polar surface area (TPSA) is 60.7 Å². The third-order valence-corrected chi connectivity index (χ3v) is 5.88. The Labute approximate surface area is 191 Å². The maximum absolute atomic E-state index is 10.9. The van der Waals surface area contributed by atoms with Gasteiger partial charge in [0.2, 0.25) is 0 Å². The molecule has 3 aromatic carbocycles. The minimum absolute atomic E-state index is 0.0641. The van der Waals surface area contributed by atoms with E-state index in [4.69, 9.17) is 34.8 Å². The van der Waals surface area contributed by atoms with Crippen molar-refractivity contribution in [1.29, 1.82) is 0 Å². The predicted octanol–water partition coefficient (Wildman–Crippen LogP) is 7.07. The molecule has 6 heteroatoms. The molecule has 0 bridgehead atoms. The molecule has 0 spiro atoms. The molecule has 3 rings (SSSR count). The number of aryl methyl sites for hydroxylation is 2. The molecule has 3 aromatic rings. The quantitative estimate of drug-likeness (QED) is 0.365. The van der Waals surface area contributed by atoms with Gasteiger partial charge in [0.15, 0.2) is 0 Å². The highest BCUT2D eigenvalue weighted by Gasteiger charge is 2.17. The summed E-state index contributed by atoms with van der Waals surface area (Å²) in [7, 11) is 0. The maximum Gasteiger partial charge on any atom is 0.122 e. The van der Waals surface area contributed by atoms with Gasteiger partial charge in [-0.2, -0.15) is 0 Å². The van der Waals surface area contributed by atoms with Crippen LogP contribution in [-0.2, 0) is 25.7 Å². The minimum Gasteiger partial charge on any atom is -0.507 e. The average Bonchev–Trinajstić information content (AvgIpc) is 2.70. The monoisotopic (exact) mass is 464 g/mol. The minimum atomic E-state index is 0.0641. The molecule has 0 saturated carbocycles. The lowest BCUT2D eigenvalue weighted by atomic mass is 9.95. The van der Waals surface area contributed by atoms with E-state index in [9.17, 15) is 15.3 Å². The van der Waals surface area contributed by atoms with Crippen LogP contribution >= 0.6 is 34.8 Å². The number of rotatable bonds is 6. The molecule has 158 valence electrons. The second-order valence-corrected chi connectivity index (χ2v) is 8.59. The molecule has 0 fully saturated rings. The van der Waals surface area contributed by atoms with E-state index in [1.165, 1.54) is 0 Å². The summed E-state index contributed by atoms with van der Waals surface area (Å²) in [4.78, 5) is 0. The summed E-state index contributed by atoms with van der Waals surface area (Å²) in [5.74, 6) is 0.403. The van der Waals surface area contributed by atoms with Gasteiger partial charge in [-0.25, -0.2) is 0 Å². The van der Waals surface area contributed by atoms with Crippen LogP contribution in [-0.4, -0.2) is 15.3 Å². The predicted molar refractivity (Wildman–Crippen MR) is 124 cm³/mol. The second-order valence-electron chi connectivity index (χ2n) is 7.28. The normalized spacial score (nSPS) is 11.1. The molecule has 3 nitrogen and oxygen atoms in total. The number of halogens is 3. The van der Waals surface area contributed by atoms with Crippen LogP contribution in [0.1, 0.15) is 47.2 Å². The standard InChI is InChI=1S/C24H23Cl3O3/c1-3-13-7-19(25)9-15(22(13)28)5-17-11-21(27)12-18(24(17)30)6-16-10-20(26)8-14(4-2)23(16)29/h7-12,28-30H,3-6H2,1-2H3. The van der Waals surface area contributed by atoms with Gasteiger partial charge in [0.05, 0.1) is 0 Å². The lowest BCUT2D eigenvalue weighted by Gasteiger charge is -2.15. The second kappa shape index (κ2) is 9.38. The van der Waals surface area contributed by atoms with Crippen LogP contribution in [0.15, 0.2) is 36.4 Å². The molecule has 0 aliphatic rings. The SMILES string of the molecule is CCc1cc(Cl)cc(Cc2cc(Cl)cc(Cc3cc(Cl)cc(CC)c3O)c2O)c1O. The molecule has 0 radical (unpaired) electrons. The first-order valence-corrected chi connectivity index (χ1v) is 10.9. The summed E-state index contributed by atoms with van der Waals surface area (Å²) in [6.45, 7) is 3.87. The summed E-state index contributed by atoms with van der Waals surface area (Å²) < 4.78 is 0. The Morgan fingerprint density at radius 2 is 0.733 bits per heavy atom. The van der Waals surface area contributed by atoms with E-state index in [1.54, 1.807) is 36.4 Å². The molecule has 3 N–H and O–H groups in total. The molecule has 0 aromatic heterocycles. The Kier molecular flexibility index (Phi) is 7.07. The van der Waals surface area contributed by atoms with Gasteiger partial charge >= 0.3 is 0 Å². The van der Waals surface area contributed by atoms with E-state index in [0.29, 0.717) is 50.2 Å². The molecular formula is C24H23Cl3O3. The third kappa shape index (κ3) is 4.80. The summed E-state index contributed by atoms with van der Waals surface area (Å²) in [6, 6.07) is 10.2. The molecule has 0 unspecified atom stereocenters. The van der Waals surface area contributed by atoms with Crippen LogP contribution in [0, 0.1) is 0 Å². The van der Waals surface area contributed by atoms with Crippen molar-refractivity contribution in [2.24, 2.45) is 0 Å². The average molecular weight is 466 g/mol. The largest absolute Gasteiger partial charge is 0.507 e. The van der Waals surface area contributed by atoms with Crippen molar-refractivity contribution >= 4 is 34.8 Å². The van der Waals surface area contributed by atoms with E-state index in [0.717, 1.165) is 11.1 Å². The van der Waals surface area contributed by atoms with Crippen LogP contribution in [0.4, 0.5) is 0 Å². The number of aromatic hydroxyl groups is 3. The Morgan fingerprint density at radius 3 is 1.00 bits per heavy atom. The summed E-state index contributed by atoms with van der Waals surface area (Å²) in [5.41, 5.74) is 3.84. The van der Waals surface area contributed by atoms with Crippen molar-refractivity contribution in [3.8, 4) is 17.2 Å². The Balaban J connectivity index is 2.02. The van der Waals surface area contributed by atoms with Crippen molar-refractivity contribution in [2.45, 2.75) is 39.5 Å². The summed E-state index contributed by atoms with van der Waals surface area (Å²) >= 11 is 18.7. The first-order valence-electron chi connectivity index (χ1n) is 9.74. The molecule has 0 aliphatic heterocycles. The highest BCUT2D eigenvalue weighted by molar-refractivity contribution is 6.31. The van der Waals surface area contributed by atoms with E-state index >= 15 is 0 Å². The van der Waals surface area contributed by atoms with Gasteiger partial charge in [0.1, 0.15) is 17.2 Å². The van der Waals surface area contributed by atoms with Crippen LogP contribution < -0.4 is 0 Å². The molecule has 0 aliphatic carbocycles. The van der Waals surface area contributed by atoms with Gasteiger partial charge in [0.25, 0.3) is 0 Å². The Hall–Kier alpha value is -2.07. The summed E-state index contributed by atoms with van der Waals surface area (Å²) in [5, 5.41) is 33.5. The fourth-order valence-corrected chi connectivity index (χ4v) is 4.43. The van der Waals surface area contributed by atoms with E-state index < -0.39 is 0 Å². The van der Waals surface area contributed by atoms with Crippen LogP contribution in [0.3, 0.4) is 0 Å². The number of phenols is 3. The van der Waals surface area contributed by atoms with Gasteiger partial charge in [-0.3, -0.25) is 0 Å². The first kappa shape index (κ1) is 22.6. The zero-order valence-electron chi connectivity index (χ0n) is 16.8. The van der Waals surface area contributed by atoms with Gasteiger partial charge in [0, 0.05) is 50.2 Å². The number of hydrogen-bond acceptors (Lipinski definition) is 3. The number of phenolic OH excluding ortho intramolecular Hbond substituents is 3. The molecule has 0 amide bonds. The Morgan fingerprint density at radius 1 is 0.500 bits per heavy atom. The molecule has 0 saturated heterocycles. The van der Waals surface area contributed by atoms with Crippen molar-refractivity contribution in [1.82, 2.24) is 0 Å². The highest BCUT2D eigenvalue weighted by atomic mass is 35.5. The van der Waals surface area contributed by atoms with Crippen molar-refractivity contribution in [3.63, 3.8) is 0 Å². The van der Waals surface area contributed by atoms with Gasteiger partial charge in [-0.15, -0.1) is 0 Å². The Bertz CT molecular complexity index is 1010. The molecule has 0 heterocycles. The molecule has 30 heavy (non-hydrogen) atoms. The lowest BCUT2D eigenvalue weighted by molar-refractivity contribution is 0.454. The van der Waals surface area contributed by atoms with E-state index in [2.05, 4.69) is 0 Å². The van der Waals surface area contributed by atoms with Crippen molar-refractivity contribution in [3.05, 3.63) is 84.8 Å². The lowest BCUT2D eigenvalue weighted by Crippen LogP contribution is -1.98. The number of hydrogen-bond donors (Lipinski definition) is 3. The number of benzene rings is 3. The fourth-order valence-electron chi connectivity index (χ4n) is 3.64. The summed E-state index contributed by atoms with van der Waals surface area (Å²) in [6.07, 6.45) is 1.81.